The fourth-order valence-electron chi connectivity index (χ4n) is 6.21. The van der Waals surface area contributed by atoms with Gasteiger partial charge in [-0.2, -0.15) is 0 Å². The van der Waals surface area contributed by atoms with Crippen LogP contribution in [0.25, 0.3) is 31.3 Å². The molecule has 0 fully saturated rings. The van der Waals surface area contributed by atoms with E-state index in [1.165, 1.54) is 59.4 Å². The number of benzene rings is 5. The Bertz CT molecular complexity index is 1980. The van der Waals surface area contributed by atoms with E-state index in [1.54, 1.807) is 0 Å². The highest BCUT2D eigenvalue weighted by Crippen LogP contribution is 2.48. The molecule has 5 aromatic carbocycles. The Morgan fingerprint density at radius 3 is 2.26 bits per heavy atom. The topological polar surface area (TPSA) is 3.24 Å². The van der Waals surface area contributed by atoms with E-state index in [1.807, 2.05) is 11.3 Å². The van der Waals surface area contributed by atoms with Crippen LogP contribution in [-0.4, -0.2) is 0 Å². The summed E-state index contributed by atoms with van der Waals surface area (Å²) in [6.07, 6.45) is 10.2. The van der Waals surface area contributed by atoms with E-state index in [0.29, 0.717) is 5.92 Å². The smallest absolute Gasteiger partial charge is 0.0640 e. The van der Waals surface area contributed by atoms with Crippen LogP contribution in [0.1, 0.15) is 31.7 Å². The maximum atomic E-state index is 2.48. The Morgan fingerprint density at radius 1 is 0.738 bits per heavy atom. The van der Waals surface area contributed by atoms with Gasteiger partial charge in [0.25, 0.3) is 0 Å². The van der Waals surface area contributed by atoms with Crippen LogP contribution in [0.5, 0.6) is 0 Å². The highest BCUT2D eigenvalue weighted by atomic mass is 32.1. The van der Waals surface area contributed by atoms with Gasteiger partial charge >= 0.3 is 0 Å². The Labute approximate surface area is 252 Å². The van der Waals surface area contributed by atoms with Crippen molar-refractivity contribution in [3.63, 3.8) is 0 Å². The number of hydrogen-bond acceptors (Lipinski definition) is 2. The monoisotopic (exact) mass is 559 g/mol. The highest BCUT2D eigenvalue weighted by molar-refractivity contribution is 7.26. The molecule has 1 heterocycles. The summed E-state index contributed by atoms with van der Waals surface area (Å²) in [7, 11) is 0. The van der Waals surface area contributed by atoms with Crippen LogP contribution in [0.15, 0.2) is 157 Å². The zero-order valence-electron chi connectivity index (χ0n) is 24.0. The molecule has 1 nitrogen and oxygen atoms in total. The first-order valence-corrected chi connectivity index (χ1v) is 15.5. The predicted molar refractivity (Wildman–Crippen MR) is 183 cm³/mol. The predicted octanol–water partition coefficient (Wildman–Crippen LogP) is 12.1. The minimum atomic E-state index is 0.334. The molecule has 0 N–H and O–H groups in total. The van der Waals surface area contributed by atoms with Gasteiger partial charge in [-0.25, -0.2) is 0 Å². The van der Waals surface area contributed by atoms with Crippen LogP contribution in [-0.2, 0) is 0 Å². The van der Waals surface area contributed by atoms with Gasteiger partial charge in [-0.15, -0.1) is 11.3 Å². The lowest BCUT2D eigenvalue weighted by molar-refractivity contribution is 0.836. The van der Waals surface area contributed by atoms with Gasteiger partial charge in [0.15, 0.2) is 0 Å². The molecule has 1 aliphatic carbocycles. The van der Waals surface area contributed by atoms with Gasteiger partial charge in [0, 0.05) is 32.6 Å². The summed E-state index contributed by atoms with van der Waals surface area (Å²) in [4.78, 5) is 2.48. The summed E-state index contributed by atoms with van der Waals surface area (Å²) >= 11 is 1.88. The number of para-hydroxylation sites is 1. The minimum absolute atomic E-state index is 0.334. The van der Waals surface area contributed by atoms with Crippen molar-refractivity contribution >= 4 is 48.6 Å². The molecule has 204 valence electrons. The number of rotatable bonds is 6. The Kier molecular flexibility index (Phi) is 7.07. The molecule has 0 saturated heterocycles. The molecule has 1 aliphatic rings. The molecule has 0 spiro atoms. The average Bonchev–Trinajstić information content (AvgIpc) is 3.43. The molecule has 0 aliphatic heterocycles. The third-order valence-electron chi connectivity index (χ3n) is 8.26. The van der Waals surface area contributed by atoms with E-state index in [0.717, 1.165) is 12.1 Å². The van der Waals surface area contributed by atoms with Crippen LogP contribution in [0.3, 0.4) is 0 Å². The lowest BCUT2D eigenvalue weighted by atomic mass is 9.85. The first-order valence-electron chi connectivity index (χ1n) is 14.7. The Hall–Kier alpha value is -4.66. The van der Waals surface area contributed by atoms with E-state index >= 15 is 0 Å². The summed E-state index contributed by atoms with van der Waals surface area (Å²) in [5.41, 5.74) is 10.0. The molecular formula is C40H33NS. The molecular weight excluding hydrogens is 527 g/mol. The third kappa shape index (κ3) is 4.78. The van der Waals surface area contributed by atoms with Crippen LogP contribution in [0, 0.1) is 0 Å². The van der Waals surface area contributed by atoms with Gasteiger partial charge in [0.1, 0.15) is 0 Å². The molecule has 42 heavy (non-hydrogen) atoms. The third-order valence-corrected chi connectivity index (χ3v) is 9.47. The SMILES string of the molecule is C/C=C\C1=CCC(c2ccc(-c3ccccc3)c(N(c3ccccc3)c3cccc4c3sc3ccccc34)c2)C=C1C. The average molecular weight is 560 g/mol. The maximum absolute atomic E-state index is 2.48. The van der Waals surface area contributed by atoms with Gasteiger partial charge in [0.05, 0.1) is 16.1 Å². The summed E-state index contributed by atoms with van der Waals surface area (Å²) in [6.45, 7) is 4.32. The van der Waals surface area contributed by atoms with Crippen LogP contribution in [0.4, 0.5) is 17.1 Å². The molecule has 0 saturated carbocycles. The largest absolute Gasteiger partial charge is 0.308 e. The van der Waals surface area contributed by atoms with Gasteiger partial charge in [0.2, 0.25) is 0 Å². The highest BCUT2D eigenvalue weighted by Gasteiger charge is 2.23. The second-order valence-corrected chi connectivity index (χ2v) is 12.0. The van der Waals surface area contributed by atoms with Gasteiger partial charge in [-0.3, -0.25) is 0 Å². The van der Waals surface area contributed by atoms with E-state index in [9.17, 15) is 0 Å². The van der Waals surface area contributed by atoms with E-state index in [2.05, 4.69) is 164 Å². The molecule has 0 amide bonds. The lowest BCUT2D eigenvalue weighted by Gasteiger charge is -2.30. The number of thiophene rings is 1. The van der Waals surface area contributed by atoms with Crippen molar-refractivity contribution in [3.05, 3.63) is 162 Å². The minimum Gasteiger partial charge on any atom is -0.308 e. The summed E-state index contributed by atoms with van der Waals surface area (Å²) in [5.74, 6) is 0.334. The molecule has 6 aromatic rings. The van der Waals surface area contributed by atoms with Gasteiger partial charge in [-0.05, 0) is 72.9 Å². The normalized spacial score (nSPS) is 15.2. The quantitative estimate of drug-likeness (QED) is 0.196. The van der Waals surface area contributed by atoms with E-state index < -0.39 is 0 Å². The zero-order chi connectivity index (χ0) is 28.5. The number of allylic oxidation sites excluding steroid dienone is 6. The zero-order valence-corrected chi connectivity index (χ0v) is 24.8. The van der Waals surface area contributed by atoms with Crippen molar-refractivity contribution in [1.82, 2.24) is 0 Å². The van der Waals surface area contributed by atoms with Gasteiger partial charge < -0.3 is 4.90 Å². The van der Waals surface area contributed by atoms with E-state index in [-0.39, 0.29) is 0 Å². The number of anilines is 3. The van der Waals surface area contributed by atoms with Crippen LogP contribution in [0.2, 0.25) is 0 Å². The molecule has 0 bridgehead atoms. The van der Waals surface area contributed by atoms with Gasteiger partial charge in [-0.1, -0.05) is 115 Å². The fourth-order valence-corrected chi connectivity index (χ4v) is 7.42. The van der Waals surface area contributed by atoms with E-state index in [4.69, 9.17) is 0 Å². The Balaban J connectivity index is 1.47. The standard InChI is InChI=1S/C40H33NS/c1-3-13-29-22-23-31(26-28(29)2)32-24-25-34(30-14-6-4-7-15-30)38(27-32)41(33-16-8-5-9-17-33)37-20-12-19-36-35-18-10-11-21-39(35)42-40(36)37/h3-22,24-27,31H,23H2,1-2H3/b13-3-. The first kappa shape index (κ1) is 26.3. The second kappa shape index (κ2) is 11.3. The molecule has 1 atom stereocenters. The number of hydrogen-bond donors (Lipinski definition) is 0. The summed E-state index contributed by atoms with van der Waals surface area (Å²) in [5, 5.41) is 2.62. The van der Waals surface area contributed by atoms with Crippen molar-refractivity contribution in [2.45, 2.75) is 26.2 Å². The molecule has 1 aromatic heterocycles. The van der Waals surface area contributed by atoms with Crippen LogP contribution >= 0.6 is 11.3 Å². The molecule has 7 rings (SSSR count). The molecule has 2 heteroatoms. The number of nitrogens with zero attached hydrogens (tertiary/aromatic N) is 1. The van der Waals surface area contributed by atoms with Crippen molar-refractivity contribution in [2.75, 3.05) is 4.90 Å². The fraction of sp³-hybridized carbons (Fsp3) is 0.100. The first-order chi connectivity index (χ1) is 20.7. The summed E-state index contributed by atoms with van der Waals surface area (Å²) in [6, 6.07) is 44.2. The molecule has 1 unspecified atom stereocenters. The van der Waals surface area contributed by atoms with Crippen LogP contribution < -0.4 is 4.90 Å². The second-order valence-electron chi connectivity index (χ2n) is 10.9. The summed E-state index contributed by atoms with van der Waals surface area (Å²) < 4.78 is 2.62. The Morgan fingerprint density at radius 2 is 1.48 bits per heavy atom. The molecule has 0 radical (unpaired) electrons. The van der Waals surface area contributed by atoms with Crippen molar-refractivity contribution in [3.8, 4) is 11.1 Å². The van der Waals surface area contributed by atoms with Crippen molar-refractivity contribution in [1.29, 1.82) is 0 Å². The van der Waals surface area contributed by atoms with Crippen molar-refractivity contribution < 1.29 is 0 Å². The lowest BCUT2D eigenvalue weighted by Crippen LogP contribution is -2.12. The van der Waals surface area contributed by atoms with Crippen molar-refractivity contribution in [2.24, 2.45) is 0 Å². The number of fused-ring (bicyclic) bond motifs is 3. The maximum Gasteiger partial charge on any atom is 0.0640 e.